The van der Waals surface area contributed by atoms with Crippen LogP contribution in [0, 0.1) is 12.8 Å². The minimum atomic E-state index is -3.51. The van der Waals surface area contributed by atoms with Crippen molar-refractivity contribution in [2.24, 2.45) is 11.7 Å². The number of anilines is 1. The van der Waals surface area contributed by atoms with Gasteiger partial charge in [-0.15, -0.1) is 0 Å². The number of rotatable bonds is 9. The highest BCUT2D eigenvalue weighted by molar-refractivity contribution is 7.93. The highest BCUT2D eigenvalue weighted by Gasteiger charge is 2.51. The summed E-state index contributed by atoms with van der Waals surface area (Å²) < 4.78 is 26.3. The summed E-state index contributed by atoms with van der Waals surface area (Å²) in [4.78, 5) is 58.2. The van der Waals surface area contributed by atoms with E-state index in [0.717, 1.165) is 25.0 Å². The van der Waals surface area contributed by atoms with Gasteiger partial charge in [0.05, 0.1) is 10.8 Å². The molecule has 1 aromatic carbocycles. The average Bonchev–Trinajstić information content (AvgIpc) is 3.45. The number of hydrogen-bond donors (Lipinski definition) is 2. The number of amides is 3. The molecule has 2 bridgehead atoms. The van der Waals surface area contributed by atoms with E-state index in [1.807, 2.05) is 13.0 Å². The number of nitrogens with one attached hydrogen (secondary N) is 1. The summed E-state index contributed by atoms with van der Waals surface area (Å²) in [6.07, 6.45) is 5.04. The summed E-state index contributed by atoms with van der Waals surface area (Å²) in [6, 6.07) is 9.23. The molecule has 41 heavy (non-hydrogen) atoms. The molecule has 0 spiro atoms. The first-order valence-corrected chi connectivity index (χ1v) is 15.5. The number of carbonyl (C=O) groups excluding carboxylic acids is 4. The van der Waals surface area contributed by atoms with E-state index in [-0.39, 0.29) is 41.4 Å². The first-order valence-electron chi connectivity index (χ1n) is 13.7. The lowest BCUT2D eigenvalue weighted by Gasteiger charge is -2.34. The van der Waals surface area contributed by atoms with Crippen LogP contribution in [0.3, 0.4) is 0 Å². The number of Topliss-reactive ketones (excluding diaryl/α,β-unsaturated/α-hetero) is 1. The van der Waals surface area contributed by atoms with Crippen LogP contribution >= 0.6 is 0 Å². The highest BCUT2D eigenvalue weighted by Crippen LogP contribution is 2.43. The lowest BCUT2D eigenvalue weighted by Crippen LogP contribution is -2.51. The smallest absolute Gasteiger partial charge is 0.250 e. The van der Waals surface area contributed by atoms with Gasteiger partial charge in [-0.3, -0.25) is 19.2 Å². The Balaban J connectivity index is 1.25. The van der Waals surface area contributed by atoms with Gasteiger partial charge in [-0.05, 0) is 75.3 Å². The maximum Gasteiger partial charge on any atom is 0.250 e. The maximum atomic E-state index is 13.7. The van der Waals surface area contributed by atoms with Gasteiger partial charge in [0.2, 0.25) is 11.8 Å². The zero-order valence-electron chi connectivity index (χ0n) is 22.6. The number of benzene rings is 1. The molecule has 2 saturated carbocycles. The van der Waals surface area contributed by atoms with E-state index in [0.29, 0.717) is 29.6 Å². The van der Waals surface area contributed by atoms with Gasteiger partial charge >= 0.3 is 0 Å². The lowest BCUT2D eigenvalue weighted by atomic mass is 9.97. The number of fused-ring (bicyclic) bond motifs is 3. The third-order valence-corrected chi connectivity index (χ3v) is 10.6. The molecule has 12 heteroatoms. The highest BCUT2D eigenvalue weighted by atomic mass is 32.2. The molecule has 214 valence electrons. The summed E-state index contributed by atoms with van der Waals surface area (Å²) in [6.45, 7) is 1.70. The predicted molar refractivity (Wildman–Crippen MR) is 151 cm³/mol. The van der Waals surface area contributed by atoms with E-state index in [2.05, 4.69) is 10.3 Å². The molecule has 11 nitrogen and oxygen atoms in total. The third-order valence-electron chi connectivity index (χ3n) is 8.42. The first-order chi connectivity index (χ1) is 19.5. The summed E-state index contributed by atoms with van der Waals surface area (Å²) in [5.74, 6) is -1.93. The Morgan fingerprint density at radius 3 is 2.56 bits per heavy atom. The monoisotopic (exact) mass is 577 g/mol. The molecule has 3 amide bonds. The SMILES string of the molecule is Cc1cccc(NC(=O)[C@@H]2C3CCC(C3)N2C(=O)Cn2cc(C(N)=O)c3cc(C(=O)CS(=O)(=O)C4CC4)ccc32)n1. The number of nitrogens with two attached hydrogens (primary N) is 1. The average molecular weight is 578 g/mol. The van der Waals surface area contributed by atoms with Crippen LogP contribution in [0.25, 0.3) is 10.9 Å². The molecule has 6 rings (SSSR count). The van der Waals surface area contributed by atoms with Crippen LogP contribution in [0.15, 0.2) is 42.6 Å². The molecule has 3 fully saturated rings. The van der Waals surface area contributed by atoms with Crippen LogP contribution < -0.4 is 11.1 Å². The van der Waals surface area contributed by atoms with Gasteiger partial charge in [-0.1, -0.05) is 6.07 Å². The Kier molecular flexibility index (Phi) is 6.68. The fourth-order valence-electron chi connectivity index (χ4n) is 6.33. The van der Waals surface area contributed by atoms with Crippen molar-refractivity contribution >= 4 is 50.1 Å². The van der Waals surface area contributed by atoms with E-state index >= 15 is 0 Å². The fraction of sp³-hybridized carbons (Fsp3) is 0.414. The first kappa shape index (κ1) is 27.1. The minimum absolute atomic E-state index is 0.0520. The molecular formula is C29H31N5O6S. The van der Waals surface area contributed by atoms with Crippen molar-refractivity contribution in [3.63, 3.8) is 0 Å². The van der Waals surface area contributed by atoms with Crippen molar-refractivity contribution in [2.45, 2.75) is 62.9 Å². The van der Waals surface area contributed by atoms with Gasteiger partial charge in [-0.25, -0.2) is 13.4 Å². The van der Waals surface area contributed by atoms with E-state index in [9.17, 15) is 27.6 Å². The number of likely N-dealkylation sites (tertiary alicyclic amines) is 1. The number of pyridine rings is 1. The van der Waals surface area contributed by atoms with E-state index in [1.54, 1.807) is 27.7 Å². The van der Waals surface area contributed by atoms with Crippen molar-refractivity contribution in [3.05, 3.63) is 59.4 Å². The quantitative estimate of drug-likeness (QED) is 0.369. The number of sulfone groups is 1. The molecule has 1 saturated heterocycles. The second-order valence-electron chi connectivity index (χ2n) is 11.3. The number of carbonyl (C=O) groups is 4. The lowest BCUT2D eigenvalue weighted by molar-refractivity contribution is -0.141. The molecular weight excluding hydrogens is 546 g/mol. The van der Waals surface area contributed by atoms with Crippen LogP contribution in [0.1, 0.15) is 58.5 Å². The number of aryl methyl sites for hydroxylation is 1. The molecule has 0 radical (unpaired) electrons. The Hall–Kier alpha value is -4.06. The van der Waals surface area contributed by atoms with Gasteiger partial charge in [-0.2, -0.15) is 0 Å². The number of nitrogens with zero attached hydrogens (tertiary/aromatic N) is 3. The van der Waals surface area contributed by atoms with Gasteiger partial charge in [0.25, 0.3) is 5.91 Å². The topological polar surface area (TPSA) is 162 Å². The minimum Gasteiger partial charge on any atom is -0.366 e. The van der Waals surface area contributed by atoms with Crippen molar-refractivity contribution in [1.29, 1.82) is 0 Å². The summed E-state index contributed by atoms with van der Waals surface area (Å²) in [7, 11) is -3.51. The normalized spacial score (nSPS) is 21.8. The van der Waals surface area contributed by atoms with Crippen molar-refractivity contribution in [3.8, 4) is 0 Å². The molecule has 3 atom stereocenters. The molecule has 3 aromatic rings. The molecule has 2 unspecified atom stereocenters. The summed E-state index contributed by atoms with van der Waals surface area (Å²) in [5, 5.41) is 2.77. The number of hydrogen-bond acceptors (Lipinski definition) is 7. The molecule has 3 heterocycles. The standard InChI is InChI=1S/C29H31N5O6S/c1-16-3-2-4-25(31-16)32-29(38)27-18-5-7-19(11-18)34(27)26(36)14-33-13-22(28(30)37)21-12-17(6-10-23(21)33)24(35)15-41(39,40)20-8-9-20/h2-4,6,10,12-13,18-20,27H,5,7-9,11,14-15H2,1H3,(H2,30,37)(H,31,32,38)/t18?,19?,27-/m0/s1. The summed E-state index contributed by atoms with van der Waals surface area (Å²) >= 11 is 0. The Morgan fingerprint density at radius 2 is 1.85 bits per heavy atom. The van der Waals surface area contributed by atoms with E-state index in [4.69, 9.17) is 5.73 Å². The number of ketones is 1. The Bertz CT molecular complexity index is 1710. The number of primary amides is 1. The maximum absolute atomic E-state index is 13.7. The fourth-order valence-corrected chi connectivity index (χ4v) is 7.96. The van der Waals surface area contributed by atoms with Gasteiger partial charge < -0.3 is 20.5 Å². The Labute approximate surface area is 237 Å². The van der Waals surface area contributed by atoms with Crippen LogP contribution in [-0.2, 0) is 26.0 Å². The molecule has 1 aliphatic heterocycles. The van der Waals surface area contributed by atoms with Crippen molar-refractivity contribution in [2.75, 3.05) is 11.1 Å². The second-order valence-corrected chi connectivity index (χ2v) is 13.6. The largest absolute Gasteiger partial charge is 0.366 e. The Morgan fingerprint density at radius 1 is 1.07 bits per heavy atom. The van der Waals surface area contributed by atoms with E-state index < -0.39 is 38.6 Å². The number of piperidine rings is 1. The second kappa shape index (κ2) is 10.1. The third kappa shape index (κ3) is 5.12. The van der Waals surface area contributed by atoms with Gasteiger partial charge in [0.15, 0.2) is 15.6 Å². The molecule has 2 aliphatic carbocycles. The zero-order chi connectivity index (χ0) is 29.1. The van der Waals surface area contributed by atoms with Gasteiger partial charge in [0.1, 0.15) is 24.2 Å². The van der Waals surface area contributed by atoms with Crippen LogP contribution in [-0.4, -0.2) is 69.5 Å². The van der Waals surface area contributed by atoms with E-state index in [1.165, 1.54) is 18.3 Å². The summed E-state index contributed by atoms with van der Waals surface area (Å²) in [5.41, 5.74) is 7.18. The van der Waals surface area contributed by atoms with Crippen LogP contribution in [0.5, 0.6) is 0 Å². The molecule has 2 aromatic heterocycles. The zero-order valence-corrected chi connectivity index (χ0v) is 23.4. The van der Waals surface area contributed by atoms with Crippen LogP contribution in [0.4, 0.5) is 5.82 Å². The van der Waals surface area contributed by atoms with Crippen molar-refractivity contribution < 1.29 is 27.6 Å². The molecule has 3 aliphatic rings. The molecule has 3 N–H and O–H groups in total. The van der Waals surface area contributed by atoms with Crippen molar-refractivity contribution in [1.82, 2.24) is 14.5 Å². The van der Waals surface area contributed by atoms with Gasteiger partial charge in [0, 0.05) is 34.4 Å². The van der Waals surface area contributed by atoms with Crippen LogP contribution in [0.2, 0.25) is 0 Å². The predicted octanol–water partition coefficient (Wildman–Crippen LogP) is 2.22. The number of aromatic nitrogens is 2.